The van der Waals surface area contributed by atoms with Crippen molar-refractivity contribution in [1.29, 1.82) is 0 Å². The molecule has 58 heavy (non-hydrogen) atoms. The average Bonchev–Trinajstić information content (AvgIpc) is 4.11. The Morgan fingerprint density at radius 1 is 0.328 bits per heavy atom. The molecule has 0 saturated carbocycles. The molecule has 4 fully saturated rings. The molecule has 7 nitrogen and oxygen atoms in total. The second-order valence-corrected chi connectivity index (χ2v) is 14.2. The molecule has 0 N–H and O–H groups in total. The molecule has 0 unspecified atom stereocenters. The zero-order valence-corrected chi connectivity index (χ0v) is 31.6. The number of rotatable bonds is 12. The summed E-state index contributed by atoms with van der Waals surface area (Å²) in [5, 5.41) is 0. The number of benzene rings is 6. The largest absolute Gasteiger partial charge is 0.356 e. The van der Waals surface area contributed by atoms with E-state index in [1.54, 1.807) is 12.2 Å². The van der Waals surface area contributed by atoms with E-state index in [1.165, 1.54) is 0 Å². The Morgan fingerprint density at radius 3 is 0.793 bits per heavy atom. The molecule has 10 rings (SSSR count). The Labute approximate surface area is 338 Å². The molecular formula is C51H42O7. The van der Waals surface area contributed by atoms with E-state index >= 15 is 0 Å². The van der Waals surface area contributed by atoms with Crippen LogP contribution in [-0.4, -0.2) is 41.8 Å². The first-order valence-corrected chi connectivity index (χ1v) is 19.4. The Morgan fingerprint density at radius 2 is 0.552 bits per heavy atom. The van der Waals surface area contributed by atoms with Crippen LogP contribution in [0.3, 0.4) is 0 Å². The highest BCUT2D eigenvalue weighted by molar-refractivity contribution is 6.04. The molecule has 0 radical (unpaired) electrons. The highest BCUT2D eigenvalue weighted by Crippen LogP contribution is 2.48. The van der Waals surface area contributed by atoms with Gasteiger partial charge in [0.2, 0.25) is 0 Å². The zero-order chi connectivity index (χ0) is 39.7. The zero-order valence-electron chi connectivity index (χ0n) is 31.6. The minimum absolute atomic E-state index is 0.0114. The highest BCUT2D eigenvalue weighted by atomic mass is 16.6. The van der Waals surface area contributed by atoms with E-state index in [4.69, 9.17) is 18.9 Å². The summed E-state index contributed by atoms with van der Waals surface area (Å²) in [6.45, 7) is 0. The van der Waals surface area contributed by atoms with Crippen LogP contribution in [0.5, 0.6) is 0 Å². The van der Waals surface area contributed by atoms with Crippen LogP contribution in [0, 0.1) is 0 Å². The summed E-state index contributed by atoms with van der Waals surface area (Å²) in [6, 6.07) is 58.9. The lowest BCUT2D eigenvalue weighted by Crippen LogP contribution is -2.15. The third-order valence-corrected chi connectivity index (χ3v) is 10.1. The molecule has 6 aromatic rings. The topological polar surface area (TPSA) is 101 Å². The minimum atomic E-state index is -0.337. The molecule has 4 aliphatic heterocycles. The number of epoxide rings is 4. The first-order valence-electron chi connectivity index (χ1n) is 19.4. The Bertz CT molecular complexity index is 2050. The number of Topliss-reactive ketones (excluding diaryl/α,β-unsaturated/α-hetero) is 2. The van der Waals surface area contributed by atoms with Crippen LogP contribution in [0.4, 0.5) is 0 Å². The normalized spacial score (nSPS) is 24.7. The Balaban J connectivity index is 0.000000122. The third kappa shape index (κ3) is 10.1. The van der Waals surface area contributed by atoms with Gasteiger partial charge in [0.25, 0.3) is 0 Å². The first kappa shape index (κ1) is 38.5. The lowest BCUT2D eigenvalue weighted by atomic mass is 10.0. The SMILES string of the molecule is O=C(/C=C/c1ccccc1)/C=C/c1ccccc1.O=C([C@H]1O[C@@H]1c1ccccc1)[C@@H]1O[C@H]1c1ccccc1.O=C([C@H]1O[C@H]1c1ccccc1)[C@@H]1O[C@@H]1c1ccccc1. The van der Waals surface area contributed by atoms with Gasteiger partial charge in [0.15, 0.2) is 17.3 Å². The van der Waals surface area contributed by atoms with Gasteiger partial charge in [-0.2, -0.15) is 0 Å². The Kier molecular flexibility index (Phi) is 12.1. The molecule has 4 saturated heterocycles. The summed E-state index contributed by atoms with van der Waals surface area (Å²) < 4.78 is 22.1. The fourth-order valence-corrected chi connectivity index (χ4v) is 6.76. The van der Waals surface area contributed by atoms with Crippen molar-refractivity contribution in [2.75, 3.05) is 0 Å². The van der Waals surface area contributed by atoms with Crippen LogP contribution in [0.15, 0.2) is 194 Å². The van der Waals surface area contributed by atoms with Gasteiger partial charge in [-0.05, 0) is 45.5 Å². The van der Waals surface area contributed by atoms with Gasteiger partial charge in [-0.1, -0.05) is 194 Å². The van der Waals surface area contributed by atoms with Gasteiger partial charge in [0, 0.05) is 0 Å². The molecule has 8 atom stereocenters. The van der Waals surface area contributed by atoms with E-state index in [2.05, 4.69) is 0 Å². The van der Waals surface area contributed by atoms with Crippen molar-refractivity contribution in [3.8, 4) is 0 Å². The molecule has 0 bridgehead atoms. The smallest absolute Gasteiger partial charge is 0.196 e. The monoisotopic (exact) mass is 766 g/mol. The van der Waals surface area contributed by atoms with E-state index in [9.17, 15) is 14.4 Å². The van der Waals surface area contributed by atoms with Crippen LogP contribution in [-0.2, 0) is 33.3 Å². The predicted molar refractivity (Wildman–Crippen MR) is 222 cm³/mol. The fourth-order valence-electron chi connectivity index (χ4n) is 6.76. The third-order valence-electron chi connectivity index (χ3n) is 10.1. The van der Waals surface area contributed by atoms with Gasteiger partial charge >= 0.3 is 0 Å². The summed E-state index contributed by atoms with van der Waals surface area (Å²) in [7, 11) is 0. The van der Waals surface area contributed by atoms with E-state index in [0.29, 0.717) is 0 Å². The van der Waals surface area contributed by atoms with E-state index in [1.807, 2.05) is 194 Å². The molecular weight excluding hydrogens is 725 g/mol. The number of ketones is 3. The fraction of sp³-hybridized carbons (Fsp3) is 0.157. The average molecular weight is 767 g/mol. The van der Waals surface area contributed by atoms with Crippen LogP contribution in [0.25, 0.3) is 12.2 Å². The van der Waals surface area contributed by atoms with Gasteiger partial charge < -0.3 is 18.9 Å². The number of carbonyl (C=O) groups excluding carboxylic acids is 3. The molecule has 4 aliphatic rings. The van der Waals surface area contributed by atoms with Crippen molar-refractivity contribution in [1.82, 2.24) is 0 Å². The second-order valence-electron chi connectivity index (χ2n) is 14.2. The highest BCUT2D eigenvalue weighted by Gasteiger charge is 2.57. The molecule has 0 spiro atoms. The summed E-state index contributed by atoms with van der Waals surface area (Å²) in [5.74, 6) is 0.114. The summed E-state index contributed by atoms with van der Waals surface area (Å²) in [5.41, 5.74) is 6.29. The molecule has 0 aliphatic carbocycles. The van der Waals surface area contributed by atoms with Crippen molar-refractivity contribution in [3.05, 3.63) is 228 Å². The van der Waals surface area contributed by atoms with Crippen molar-refractivity contribution < 1.29 is 33.3 Å². The number of allylic oxidation sites excluding steroid dienone is 2. The second kappa shape index (κ2) is 18.3. The van der Waals surface area contributed by atoms with Gasteiger partial charge in [-0.3, -0.25) is 14.4 Å². The van der Waals surface area contributed by atoms with Gasteiger partial charge in [-0.25, -0.2) is 0 Å². The standard InChI is InChI=1S/2C17H14O3.C17H14O/c2*18-13(16-14(19-16)11-7-3-1-4-8-11)17-15(20-17)12-9-5-2-6-10-12;18-17(13-11-15-7-3-1-4-8-15)14-12-16-9-5-2-6-10-16/h2*1-10,14-17H;1-14H/b;;13-11+,14-12+/t14-,15+,16+,17-;14-,15+,16-,17+;. The van der Waals surface area contributed by atoms with Crippen molar-refractivity contribution >= 4 is 29.5 Å². The number of hydrogen-bond donors (Lipinski definition) is 0. The van der Waals surface area contributed by atoms with E-state index < -0.39 is 0 Å². The van der Waals surface area contributed by atoms with Gasteiger partial charge in [0.05, 0.1) is 0 Å². The maximum Gasteiger partial charge on any atom is 0.196 e. The van der Waals surface area contributed by atoms with Gasteiger partial charge in [0.1, 0.15) is 48.8 Å². The van der Waals surface area contributed by atoms with Crippen LogP contribution < -0.4 is 0 Å². The number of hydrogen-bond acceptors (Lipinski definition) is 7. The van der Waals surface area contributed by atoms with Crippen LogP contribution in [0.2, 0.25) is 0 Å². The summed E-state index contributed by atoms with van der Waals surface area (Å²) in [4.78, 5) is 36.2. The lowest BCUT2D eigenvalue weighted by Gasteiger charge is -1.95. The molecule has 7 heteroatoms. The molecule has 6 aromatic carbocycles. The maximum absolute atomic E-state index is 12.3. The lowest BCUT2D eigenvalue weighted by molar-refractivity contribution is -0.122. The molecule has 288 valence electrons. The quantitative estimate of drug-likeness (QED) is 0.0903. The van der Waals surface area contributed by atoms with Crippen LogP contribution >= 0.6 is 0 Å². The van der Waals surface area contributed by atoms with Crippen molar-refractivity contribution in [3.63, 3.8) is 0 Å². The Hall–Kier alpha value is -6.35. The number of carbonyl (C=O) groups is 3. The van der Waals surface area contributed by atoms with E-state index in [-0.39, 0.29) is 66.2 Å². The first-order chi connectivity index (χ1) is 28.5. The van der Waals surface area contributed by atoms with Crippen molar-refractivity contribution in [2.45, 2.75) is 48.8 Å². The number of ether oxygens (including phenoxy) is 4. The predicted octanol–water partition coefficient (Wildman–Crippen LogP) is 9.65. The molecule has 0 amide bonds. The maximum atomic E-state index is 12.3. The van der Waals surface area contributed by atoms with Crippen LogP contribution in [0.1, 0.15) is 57.8 Å². The summed E-state index contributed by atoms with van der Waals surface area (Å²) >= 11 is 0. The molecule has 0 aromatic heterocycles. The minimum Gasteiger partial charge on any atom is -0.356 e. The molecule has 4 heterocycles. The van der Waals surface area contributed by atoms with E-state index in [0.717, 1.165) is 33.4 Å². The van der Waals surface area contributed by atoms with Crippen molar-refractivity contribution in [2.24, 2.45) is 0 Å². The van der Waals surface area contributed by atoms with Gasteiger partial charge in [-0.15, -0.1) is 0 Å². The summed E-state index contributed by atoms with van der Waals surface area (Å²) in [6.07, 6.45) is 5.07.